The lowest BCUT2D eigenvalue weighted by Crippen LogP contribution is -2.42. The first-order valence-corrected chi connectivity index (χ1v) is 8.45. The van der Waals surface area contributed by atoms with Crippen molar-refractivity contribution in [2.45, 2.75) is 26.0 Å². The molecule has 0 radical (unpaired) electrons. The summed E-state index contributed by atoms with van der Waals surface area (Å²) in [5.74, 6) is 2.32. The molecule has 0 amide bonds. The minimum Gasteiger partial charge on any atom is -0.497 e. The molecule has 0 spiro atoms. The number of guanidine groups is 1. The quantitative estimate of drug-likeness (QED) is 0.366. The van der Waals surface area contributed by atoms with E-state index in [0.29, 0.717) is 6.54 Å². The predicted octanol–water partition coefficient (Wildman–Crippen LogP) is 4.01. The largest absolute Gasteiger partial charge is 0.497 e. The molecule has 0 saturated carbocycles. The van der Waals surface area contributed by atoms with Crippen LogP contribution in [0.1, 0.15) is 25.5 Å². The van der Waals surface area contributed by atoms with Gasteiger partial charge in [0.25, 0.3) is 0 Å². The Morgan fingerprint density at radius 2 is 1.73 bits per heavy atom. The normalized spacial score (nSPS) is 13.2. The average molecular weight is 469 g/mol. The molecule has 0 aliphatic rings. The summed E-state index contributed by atoms with van der Waals surface area (Å²) in [6, 6.07) is 18.1. The van der Waals surface area contributed by atoms with Gasteiger partial charge in [0.15, 0.2) is 5.96 Å². The molecule has 0 aromatic heterocycles. The van der Waals surface area contributed by atoms with Crippen molar-refractivity contribution in [2.24, 2.45) is 4.99 Å². The number of hydrogen-bond donors (Lipinski definition) is 2. The molecule has 0 aliphatic carbocycles. The lowest BCUT2D eigenvalue weighted by Gasteiger charge is -2.21. The molecule has 2 atom stereocenters. The van der Waals surface area contributed by atoms with Gasteiger partial charge in [-0.2, -0.15) is 0 Å². The first-order chi connectivity index (χ1) is 12.1. The van der Waals surface area contributed by atoms with Crippen molar-refractivity contribution < 1.29 is 9.47 Å². The fourth-order valence-electron chi connectivity index (χ4n) is 2.41. The van der Waals surface area contributed by atoms with Crippen molar-refractivity contribution in [3.63, 3.8) is 0 Å². The average Bonchev–Trinajstić information content (AvgIpc) is 2.65. The molecule has 142 valence electrons. The van der Waals surface area contributed by atoms with Crippen LogP contribution in [0.3, 0.4) is 0 Å². The van der Waals surface area contributed by atoms with Crippen molar-refractivity contribution in [3.05, 3.63) is 60.2 Å². The van der Waals surface area contributed by atoms with E-state index < -0.39 is 0 Å². The zero-order valence-electron chi connectivity index (χ0n) is 15.7. The molecule has 2 N–H and O–H groups in total. The van der Waals surface area contributed by atoms with Crippen LogP contribution >= 0.6 is 24.0 Å². The number of aliphatic imine (C=N–C) groups is 1. The van der Waals surface area contributed by atoms with Gasteiger partial charge in [0.05, 0.1) is 19.7 Å². The van der Waals surface area contributed by atoms with E-state index in [1.807, 2.05) is 49.4 Å². The van der Waals surface area contributed by atoms with E-state index in [0.717, 1.165) is 17.5 Å². The number of methoxy groups -OCH3 is 1. The first kappa shape index (κ1) is 22.1. The summed E-state index contributed by atoms with van der Waals surface area (Å²) >= 11 is 0. The highest BCUT2D eigenvalue weighted by Gasteiger charge is 2.10. The number of hydrogen-bond acceptors (Lipinski definition) is 3. The fraction of sp³-hybridized carbons (Fsp3) is 0.350. The third kappa shape index (κ3) is 7.11. The SMILES string of the molecule is CN=C(NCC(C)Oc1cccc(OC)c1)NC(C)c1ccccc1.I. The Bertz CT molecular complexity index is 680. The maximum Gasteiger partial charge on any atom is 0.191 e. The Morgan fingerprint density at radius 3 is 2.38 bits per heavy atom. The number of ether oxygens (including phenoxy) is 2. The Balaban J connectivity index is 0.00000338. The molecule has 2 aromatic carbocycles. The monoisotopic (exact) mass is 469 g/mol. The number of rotatable bonds is 7. The summed E-state index contributed by atoms with van der Waals surface area (Å²) in [6.07, 6.45) is -0.0160. The Labute approximate surface area is 173 Å². The smallest absolute Gasteiger partial charge is 0.191 e. The fourth-order valence-corrected chi connectivity index (χ4v) is 2.41. The highest BCUT2D eigenvalue weighted by molar-refractivity contribution is 14.0. The Hall–Kier alpha value is -1.96. The van der Waals surface area contributed by atoms with E-state index in [1.165, 1.54) is 5.56 Å². The van der Waals surface area contributed by atoms with Gasteiger partial charge in [0.1, 0.15) is 17.6 Å². The van der Waals surface area contributed by atoms with Gasteiger partial charge in [-0.25, -0.2) is 0 Å². The molecular weight excluding hydrogens is 441 g/mol. The predicted molar refractivity (Wildman–Crippen MR) is 118 cm³/mol. The topological polar surface area (TPSA) is 54.9 Å². The second-order valence-corrected chi connectivity index (χ2v) is 5.84. The molecular formula is C20H28IN3O2. The molecule has 0 heterocycles. The summed E-state index contributed by atoms with van der Waals surface area (Å²) < 4.78 is 11.1. The van der Waals surface area contributed by atoms with Crippen LogP contribution in [0.15, 0.2) is 59.6 Å². The highest BCUT2D eigenvalue weighted by atomic mass is 127. The lowest BCUT2D eigenvalue weighted by molar-refractivity contribution is 0.223. The third-order valence-corrected chi connectivity index (χ3v) is 3.81. The van der Waals surface area contributed by atoms with Crippen LogP contribution in [0.2, 0.25) is 0 Å². The van der Waals surface area contributed by atoms with Crippen molar-refractivity contribution in [3.8, 4) is 11.5 Å². The van der Waals surface area contributed by atoms with Crippen LogP contribution in [-0.2, 0) is 0 Å². The molecule has 5 nitrogen and oxygen atoms in total. The second-order valence-electron chi connectivity index (χ2n) is 5.84. The molecule has 0 aliphatic heterocycles. The molecule has 0 fully saturated rings. The number of nitrogens with zero attached hydrogens (tertiary/aromatic N) is 1. The van der Waals surface area contributed by atoms with E-state index in [1.54, 1.807) is 14.2 Å². The van der Waals surface area contributed by atoms with Crippen LogP contribution in [0, 0.1) is 0 Å². The van der Waals surface area contributed by atoms with E-state index in [4.69, 9.17) is 9.47 Å². The van der Waals surface area contributed by atoms with Gasteiger partial charge in [-0.05, 0) is 31.5 Å². The van der Waals surface area contributed by atoms with Gasteiger partial charge >= 0.3 is 0 Å². The summed E-state index contributed by atoms with van der Waals surface area (Å²) in [6.45, 7) is 4.76. The van der Waals surface area contributed by atoms with Crippen molar-refractivity contribution >= 4 is 29.9 Å². The number of benzene rings is 2. The first-order valence-electron chi connectivity index (χ1n) is 8.45. The number of nitrogens with one attached hydrogen (secondary N) is 2. The van der Waals surface area contributed by atoms with Gasteiger partial charge < -0.3 is 20.1 Å². The molecule has 0 saturated heterocycles. The summed E-state index contributed by atoms with van der Waals surface area (Å²) in [4.78, 5) is 4.28. The van der Waals surface area contributed by atoms with Crippen molar-refractivity contribution in [2.75, 3.05) is 20.7 Å². The zero-order valence-corrected chi connectivity index (χ0v) is 18.1. The van der Waals surface area contributed by atoms with E-state index >= 15 is 0 Å². The van der Waals surface area contributed by atoms with Crippen LogP contribution in [0.4, 0.5) is 0 Å². The summed E-state index contributed by atoms with van der Waals surface area (Å²) in [7, 11) is 3.41. The number of halogens is 1. The van der Waals surface area contributed by atoms with Crippen LogP contribution < -0.4 is 20.1 Å². The zero-order chi connectivity index (χ0) is 18.1. The minimum absolute atomic E-state index is 0. The lowest BCUT2D eigenvalue weighted by atomic mass is 10.1. The Kier molecular flexibility index (Phi) is 9.87. The molecule has 2 aromatic rings. The molecule has 26 heavy (non-hydrogen) atoms. The van der Waals surface area contributed by atoms with Crippen LogP contribution in [0.5, 0.6) is 11.5 Å². The van der Waals surface area contributed by atoms with Crippen LogP contribution in [-0.4, -0.2) is 32.8 Å². The standard InChI is InChI=1S/C20H27N3O2.HI/c1-15(25-19-12-8-11-18(13-19)24-4)14-22-20(21-3)23-16(2)17-9-6-5-7-10-17;/h5-13,15-16H,14H2,1-4H3,(H2,21,22,23);1H. The van der Waals surface area contributed by atoms with Gasteiger partial charge in [-0.1, -0.05) is 36.4 Å². The van der Waals surface area contributed by atoms with E-state index in [2.05, 4.69) is 34.7 Å². The summed E-state index contributed by atoms with van der Waals surface area (Å²) in [5.41, 5.74) is 1.21. The van der Waals surface area contributed by atoms with Crippen molar-refractivity contribution in [1.29, 1.82) is 0 Å². The van der Waals surface area contributed by atoms with Crippen LogP contribution in [0.25, 0.3) is 0 Å². The molecule has 2 rings (SSSR count). The van der Waals surface area contributed by atoms with E-state index in [9.17, 15) is 0 Å². The third-order valence-electron chi connectivity index (χ3n) is 3.81. The van der Waals surface area contributed by atoms with Gasteiger partial charge in [-0.3, -0.25) is 4.99 Å². The van der Waals surface area contributed by atoms with Gasteiger partial charge in [0.2, 0.25) is 0 Å². The molecule has 0 bridgehead atoms. The van der Waals surface area contributed by atoms with E-state index in [-0.39, 0.29) is 36.1 Å². The maximum atomic E-state index is 5.92. The molecule has 6 heteroatoms. The second kappa shape index (κ2) is 11.6. The molecule has 2 unspecified atom stereocenters. The Morgan fingerprint density at radius 1 is 1.04 bits per heavy atom. The maximum absolute atomic E-state index is 5.92. The highest BCUT2D eigenvalue weighted by Crippen LogP contribution is 2.19. The minimum atomic E-state index is -0.0160. The van der Waals surface area contributed by atoms with Gasteiger partial charge in [-0.15, -0.1) is 24.0 Å². The van der Waals surface area contributed by atoms with Crippen molar-refractivity contribution in [1.82, 2.24) is 10.6 Å². The summed E-state index contributed by atoms with van der Waals surface area (Å²) in [5, 5.41) is 6.69. The van der Waals surface area contributed by atoms with Gasteiger partial charge in [0, 0.05) is 13.1 Å².